The number of ketones is 1. The molecular weight excluding hydrogens is 459 g/mol. The minimum absolute atomic E-state index is 0.0319. The van der Waals surface area contributed by atoms with Crippen LogP contribution >= 0.6 is 0 Å². The topological polar surface area (TPSA) is 23.6 Å². The average molecular weight is 499 g/mol. The molecule has 2 aliphatic heterocycles. The minimum Gasteiger partial charge on any atom is -0.299 e. The van der Waals surface area contributed by atoms with E-state index < -0.39 is 0 Å². The summed E-state index contributed by atoms with van der Waals surface area (Å²) in [5.74, 6) is 0.899. The van der Waals surface area contributed by atoms with E-state index in [9.17, 15) is 9.18 Å². The number of carbonyl (C=O) groups is 1. The highest BCUT2D eigenvalue weighted by Gasteiger charge is 2.28. The standard InChI is InChI=1S/C33H39FN2O/c34-30-13-6-11-28(22-30)24-35-19-16-26(17-20-35)10-7-15-33(37)32-25-36(23-27-8-2-1-3-9-27)21-18-29-12-4-5-14-31(29)32/h1-6,8-9,11-14,22,26,32H,7,10,15-21,23-25H2. The molecule has 1 atom stereocenters. The van der Waals surface area contributed by atoms with Gasteiger partial charge in [-0.1, -0.05) is 66.7 Å². The number of hydrogen-bond acceptors (Lipinski definition) is 3. The lowest BCUT2D eigenvalue weighted by molar-refractivity contribution is -0.121. The normalized spacial score (nSPS) is 19.3. The highest BCUT2D eigenvalue weighted by atomic mass is 19.1. The van der Waals surface area contributed by atoms with E-state index in [4.69, 9.17) is 0 Å². The van der Waals surface area contributed by atoms with Crippen LogP contribution in [0.25, 0.3) is 0 Å². The first-order valence-electron chi connectivity index (χ1n) is 14.0. The molecular formula is C33H39FN2O. The van der Waals surface area contributed by atoms with Crippen LogP contribution < -0.4 is 0 Å². The van der Waals surface area contributed by atoms with Gasteiger partial charge in [-0.05, 0) is 85.5 Å². The summed E-state index contributed by atoms with van der Waals surface area (Å²) in [6.07, 6.45) is 6.11. The van der Waals surface area contributed by atoms with Gasteiger partial charge in [0.15, 0.2) is 0 Å². The fourth-order valence-corrected chi connectivity index (χ4v) is 6.15. The quantitative estimate of drug-likeness (QED) is 0.331. The van der Waals surface area contributed by atoms with Gasteiger partial charge >= 0.3 is 0 Å². The molecule has 2 aliphatic rings. The van der Waals surface area contributed by atoms with Crippen LogP contribution in [0.1, 0.15) is 60.3 Å². The number of halogens is 1. The number of Topliss-reactive ketones (excluding diaryl/α,β-unsaturated/α-hetero) is 1. The third-order valence-electron chi connectivity index (χ3n) is 8.24. The summed E-state index contributed by atoms with van der Waals surface area (Å²) < 4.78 is 13.5. The van der Waals surface area contributed by atoms with E-state index in [1.807, 2.05) is 6.07 Å². The molecule has 194 valence electrons. The van der Waals surface area contributed by atoms with Gasteiger partial charge in [-0.15, -0.1) is 0 Å². The molecule has 1 unspecified atom stereocenters. The average Bonchev–Trinajstić information content (AvgIpc) is 3.10. The van der Waals surface area contributed by atoms with Crippen LogP contribution in [0.4, 0.5) is 4.39 Å². The summed E-state index contributed by atoms with van der Waals surface area (Å²) in [4.78, 5) is 18.5. The second-order valence-corrected chi connectivity index (χ2v) is 10.9. The van der Waals surface area contributed by atoms with Crippen LogP contribution in [0, 0.1) is 11.7 Å². The third-order valence-corrected chi connectivity index (χ3v) is 8.24. The second kappa shape index (κ2) is 12.6. The monoisotopic (exact) mass is 498 g/mol. The summed E-state index contributed by atoms with van der Waals surface area (Å²) >= 11 is 0. The predicted molar refractivity (Wildman–Crippen MR) is 148 cm³/mol. The second-order valence-electron chi connectivity index (χ2n) is 10.9. The molecule has 37 heavy (non-hydrogen) atoms. The molecule has 0 saturated carbocycles. The third kappa shape index (κ3) is 7.15. The van der Waals surface area contributed by atoms with Crippen LogP contribution in [-0.4, -0.2) is 41.8 Å². The predicted octanol–water partition coefficient (Wildman–Crippen LogP) is 6.62. The van der Waals surface area contributed by atoms with Crippen molar-refractivity contribution in [3.8, 4) is 0 Å². The van der Waals surface area contributed by atoms with Gasteiger partial charge in [0.05, 0.1) is 5.92 Å². The molecule has 0 amide bonds. The lowest BCUT2D eigenvalue weighted by Crippen LogP contribution is -2.33. The molecule has 3 aromatic rings. The maximum atomic E-state index is 13.6. The Labute approximate surface area is 221 Å². The van der Waals surface area contributed by atoms with Crippen molar-refractivity contribution >= 4 is 5.78 Å². The van der Waals surface area contributed by atoms with Gasteiger partial charge in [0.1, 0.15) is 11.6 Å². The van der Waals surface area contributed by atoms with Gasteiger partial charge in [-0.3, -0.25) is 14.6 Å². The van der Waals surface area contributed by atoms with E-state index in [1.54, 1.807) is 12.1 Å². The Morgan fingerprint density at radius 1 is 0.811 bits per heavy atom. The molecule has 0 bridgehead atoms. The zero-order chi connectivity index (χ0) is 25.5. The van der Waals surface area contributed by atoms with E-state index in [0.717, 1.165) is 64.1 Å². The number of carbonyl (C=O) groups excluding carboxylic acids is 1. The number of rotatable bonds is 9. The van der Waals surface area contributed by atoms with E-state index in [1.165, 1.54) is 35.6 Å². The fourth-order valence-electron chi connectivity index (χ4n) is 6.15. The number of likely N-dealkylation sites (tertiary alicyclic amines) is 1. The first kappa shape index (κ1) is 25.8. The van der Waals surface area contributed by atoms with Crippen LogP contribution in [0.2, 0.25) is 0 Å². The van der Waals surface area contributed by atoms with Crippen LogP contribution in [0.15, 0.2) is 78.9 Å². The minimum atomic E-state index is -0.156. The molecule has 0 aromatic heterocycles. The molecule has 1 saturated heterocycles. The number of nitrogens with zero attached hydrogens (tertiary/aromatic N) is 2. The van der Waals surface area contributed by atoms with Crippen molar-refractivity contribution < 1.29 is 9.18 Å². The van der Waals surface area contributed by atoms with E-state index in [-0.39, 0.29) is 11.7 Å². The Balaban J connectivity index is 1.12. The summed E-state index contributed by atoms with van der Waals surface area (Å²) in [6.45, 7) is 5.63. The largest absolute Gasteiger partial charge is 0.299 e. The summed E-state index contributed by atoms with van der Waals surface area (Å²) in [5, 5.41) is 0. The molecule has 3 aromatic carbocycles. The molecule has 4 heteroatoms. The Bertz CT molecular complexity index is 1160. The fraction of sp³-hybridized carbons (Fsp3) is 0.424. The zero-order valence-electron chi connectivity index (χ0n) is 21.8. The van der Waals surface area contributed by atoms with Gasteiger partial charge in [0, 0.05) is 32.6 Å². The van der Waals surface area contributed by atoms with E-state index >= 15 is 0 Å². The molecule has 3 nitrogen and oxygen atoms in total. The first-order valence-corrected chi connectivity index (χ1v) is 14.0. The molecule has 0 aliphatic carbocycles. The maximum absolute atomic E-state index is 13.6. The van der Waals surface area contributed by atoms with Crippen molar-refractivity contribution in [2.45, 2.75) is 57.5 Å². The zero-order valence-corrected chi connectivity index (χ0v) is 21.8. The molecule has 2 heterocycles. The lowest BCUT2D eigenvalue weighted by Gasteiger charge is -2.32. The molecule has 0 spiro atoms. The van der Waals surface area contributed by atoms with Crippen LogP contribution in [0.3, 0.4) is 0 Å². The Hall–Kier alpha value is -2.82. The van der Waals surface area contributed by atoms with Gasteiger partial charge in [-0.25, -0.2) is 4.39 Å². The molecule has 1 fully saturated rings. The summed E-state index contributed by atoms with van der Waals surface area (Å²) in [6, 6.07) is 26.1. The number of hydrogen-bond donors (Lipinski definition) is 0. The lowest BCUT2D eigenvalue weighted by atomic mass is 9.86. The van der Waals surface area contributed by atoms with Crippen molar-refractivity contribution in [3.05, 3.63) is 107 Å². The number of fused-ring (bicyclic) bond motifs is 1. The number of piperidine rings is 1. The van der Waals surface area contributed by atoms with Crippen LogP contribution in [-0.2, 0) is 24.3 Å². The number of benzene rings is 3. The summed E-state index contributed by atoms with van der Waals surface area (Å²) in [5.41, 5.74) is 4.94. The van der Waals surface area contributed by atoms with Crippen molar-refractivity contribution in [2.75, 3.05) is 26.2 Å². The van der Waals surface area contributed by atoms with E-state index in [2.05, 4.69) is 64.4 Å². The Morgan fingerprint density at radius 3 is 2.35 bits per heavy atom. The van der Waals surface area contributed by atoms with Crippen molar-refractivity contribution in [3.63, 3.8) is 0 Å². The van der Waals surface area contributed by atoms with Gasteiger partial charge in [-0.2, -0.15) is 0 Å². The SMILES string of the molecule is O=C(CCCC1CCN(Cc2cccc(F)c2)CC1)C1CN(Cc2ccccc2)CCc2ccccc21. The maximum Gasteiger partial charge on any atom is 0.141 e. The molecule has 0 radical (unpaired) electrons. The van der Waals surface area contributed by atoms with Crippen molar-refractivity contribution in [1.82, 2.24) is 9.80 Å². The van der Waals surface area contributed by atoms with Crippen molar-refractivity contribution in [1.29, 1.82) is 0 Å². The highest BCUT2D eigenvalue weighted by Crippen LogP contribution is 2.30. The van der Waals surface area contributed by atoms with Crippen molar-refractivity contribution in [2.24, 2.45) is 5.92 Å². The smallest absolute Gasteiger partial charge is 0.141 e. The van der Waals surface area contributed by atoms with Crippen LogP contribution in [0.5, 0.6) is 0 Å². The highest BCUT2D eigenvalue weighted by molar-refractivity contribution is 5.86. The van der Waals surface area contributed by atoms with E-state index in [0.29, 0.717) is 18.1 Å². The summed E-state index contributed by atoms with van der Waals surface area (Å²) in [7, 11) is 0. The molecule has 0 N–H and O–H groups in total. The van der Waals surface area contributed by atoms with Gasteiger partial charge < -0.3 is 0 Å². The molecule has 5 rings (SSSR count). The first-order chi connectivity index (χ1) is 18.1. The Kier molecular flexibility index (Phi) is 8.80. The van der Waals surface area contributed by atoms with Gasteiger partial charge in [0.25, 0.3) is 0 Å². The van der Waals surface area contributed by atoms with Gasteiger partial charge in [0.2, 0.25) is 0 Å². The Morgan fingerprint density at radius 2 is 1.54 bits per heavy atom.